The molecule has 1 aromatic heterocycles. The van der Waals surface area contributed by atoms with E-state index >= 15 is 0 Å². The van der Waals surface area contributed by atoms with Crippen LogP contribution in [-0.2, 0) is 22.7 Å². The molecule has 6 nitrogen and oxygen atoms in total. The first-order valence-corrected chi connectivity index (χ1v) is 8.38. The second-order valence-electron chi connectivity index (χ2n) is 6.67. The average Bonchev–Trinajstić information content (AvgIpc) is 2.92. The van der Waals surface area contributed by atoms with Crippen LogP contribution in [0.15, 0.2) is 0 Å². The Kier molecular flexibility index (Phi) is 4.76. The van der Waals surface area contributed by atoms with Crippen molar-refractivity contribution in [3.8, 4) is 0 Å². The van der Waals surface area contributed by atoms with Crippen LogP contribution in [0.2, 0.25) is 0 Å². The van der Waals surface area contributed by atoms with Gasteiger partial charge < -0.3 is 14.2 Å². The van der Waals surface area contributed by atoms with Crippen molar-refractivity contribution in [3.05, 3.63) is 11.6 Å². The van der Waals surface area contributed by atoms with Crippen LogP contribution < -0.4 is 0 Å². The number of hydrogen-bond acceptors (Lipinski definition) is 4. The van der Waals surface area contributed by atoms with Crippen LogP contribution in [-0.4, -0.2) is 39.2 Å². The maximum atomic E-state index is 12.6. The molecule has 1 amide bonds. The topological polar surface area (TPSA) is 60.3 Å². The van der Waals surface area contributed by atoms with Crippen molar-refractivity contribution in [2.75, 3.05) is 13.7 Å². The summed E-state index contributed by atoms with van der Waals surface area (Å²) in [6.45, 7) is 3.90. The Morgan fingerprint density at radius 3 is 2.77 bits per heavy atom. The van der Waals surface area contributed by atoms with Crippen LogP contribution in [0.1, 0.15) is 63.1 Å². The van der Waals surface area contributed by atoms with Gasteiger partial charge in [-0.2, -0.15) is 0 Å². The standard InChI is InChI=1S/C16H26N4O2/c1-12-9-19(16(21)8-13-6-4-3-5-7-13)10-14-17-18-15(11-22-2)20(12)14/h12-13H,3-11H2,1-2H3/t12-/m0/s1. The van der Waals surface area contributed by atoms with Crippen molar-refractivity contribution in [3.63, 3.8) is 0 Å². The number of nitrogens with zero attached hydrogens (tertiary/aromatic N) is 4. The number of aromatic nitrogens is 3. The summed E-state index contributed by atoms with van der Waals surface area (Å²) >= 11 is 0. The van der Waals surface area contributed by atoms with E-state index in [1.54, 1.807) is 7.11 Å². The minimum atomic E-state index is 0.208. The zero-order valence-corrected chi connectivity index (χ0v) is 13.6. The normalized spacial score (nSPS) is 22.6. The average molecular weight is 306 g/mol. The lowest BCUT2D eigenvalue weighted by Gasteiger charge is -2.34. The van der Waals surface area contributed by atoms with Crippen molar-refractivity contribution in [2.45, 2.75) is 64.6 Å². The van der Waals surface area contributed by atoms with Gasteiger partial charge in [-0.25, -0.2) is 0 Å². The molecule has 0 spiro atoms. The van der Waals surface area contributed by atoms with Gasteiger partial charge in [0.2, 0.25) is 5.91 Å². The molecule has 0 radical (unpaired) electrons. The third-order valence-electron chi connectivity index (χ3n) is 4.91. The van der Waals surface area contributed by atoms with Crippen LogP contribution in [0.4, 0.5) is 0 Å². The van der Waals surface area contributed by atoms with Gasteiger partial charge >= 0.3 is 0 Å². The fraction of sp³-hybridized carbons (Fsp3) is 0.812. The molecule has 3 rings (SSSR count). The lowest BCUT2D eigenvalue weighted by atomic mass is 9.86. The highest BCUT2D eigenvalue weighted by atomic mass is 16.5. The summed E-state index contributed by atoms with van der Waals surface area (Å²) < 4.78 is 7.29. The van der Waals surface area contributed by atoms with Gasteiger partial charge in [-0.05, 0) is 25.7 Å². The Morgan fingerprint density at radius 2 is 2.05 bits per heavy atom. The van der Waals surface area contributed by atoms with Crippen LogP contribution >= 0.6 is 0 Å². The third-order valence-corrected chi connectivity index (χ3v) is 4.91. The van der Waals surface area contributed by atoms with E-state index in [0.717, 1.165) is 18.2 Å². The van der Waals surface area contributed by atoms with Gasteiger partial charge in [0.15, 0.2) is 11.6 Å². The fourth-order valence-electron chi connectivity index (χ4n) is 3.80. The summed E-state index contributed by atoms with van der Waals surface area (Å²) in [6, 6.07) is 0.208. The fourth-order valence-corrected chi connectivity index (χ4v) is 3.80. The Bertz CT molecular complexity index is 522. The summed E-state index contributed by atoms with van der Waals surface area (Å²) in [7, 11) is 1.66. The molecule has 0 unspecified atom stereocenters. The molecule has 6 heteroatoms. The maximum Gasteiger partial charge on any atom is 0.223 e. The summed E-state index contributed by atoms with van der Waals surface area (Å²) in [4.78, 5) is 14.6. The highest BCUT2D eigenvalue weighted by Gasteiger charge is 2.30. The Labute approximate surface area is 131 Å². The number of hydrogen-bond donors (Lipinski definition) is 0. The van der Waals surface area contributed by atoms with E-state index in [-0.39, 0.29) is 11.9 Å². The van der Waals surface area contributed by atoms with E-state index in [0.29, 0.717) is 25.5 Å². The third kappa shape index (κ3) is 3.16. The molecule has 1 aromatic rings. The van der Waals surface area contributed by atoms with Crippen LogP contribution in [0.3, 0.4) is 0 Å². The lowest BCUT2D eigenvalue weighted by molar-refractivity contribution is -0.134. The first-order valence-electron chi connectivity index (χ1n) is 8.38. The van der Waals surface area contributed by atoms with Crippen molar-refractivity contribution in [1.29, 1.82) is 0 Å². The second kappa shape index (κ2) is 6.77. The van der Waals surface area contributed by atoms with Crippen molar-refractivity contribution in [2.24, 2.45) is 5.92 Å². The number of amides is 1. The highest BCUT2D eigenvalue weighted by molar-refractivity contribution is 5.76. The zero-order valence-electron chi connectivity index (χ0n) is 13.6. The summed E-state index contributed by atoms with van der Waals surface area (Å²) in [5.74, 6) is 2.59. The van der Waals surface area contributed by atoms with E-state index in [1.807, 2.05) is 4.90 Å². The molecule has 2 aliphatic rings. The van der Waals surface area contributed by atoms with E-state index in [2.05, 4.69) is 21.7 Å². The Morgan fingerprint density at radius 1 is 1.27 bits per heavy atom. The number of carbonyl (C=O) groups is 1. The summed E-state index contributed by atoms with van der Waals surface area (Å²) in [6.07, 6.45) is 7.02. The minimum absolute atomic E-state index is 0.208. The zero-order chi connectivity index (χ0) is 15.5. The predicted octanol–water partition coefficient (Wildman–Crippen LogP) is 2.30. The molecule has 0 bridgehead atoms. The van der Waals surface area contributed by atoms with Crippen LogP contribution in [0.25, 0.3) is 0 Å². The van der Waals surface area contributed by atoms with E-state index in [9.17, 15) is 4.79 Å². The van der Waals surface area contributed by atoms with Gasteiger partial charge in [0, 0.05) is 20.1 Å². The minimum Gasteiger partial charge on any atom is -0.377 e. The summed E-state index contributed by atoms with van der Waals surface area (Å²) in [5.41, 5.74) is 0. The lowest BCUT2D eigenvalue weighted by Crippen LogP contribution is -2.41. The summed E-state index contributed by atoms with van der Waals surface area (Å²) in [5, 5.41) is 8.44. The SMILES string of the molecule is COCc1nnc2n1[C@@H](C)CN(C(=O)CC1CCCCC1)C2. The smallest absolute Gasteiger partial charge is 0.223 e. The molecular formula is C16H26N4O2. The van der Waals surface area contributed by atoms with Crippen LogP contribution in [0.5, 0.6) is 0 Å². The van der Waals surface area contributed by atoms with Crippen LogP contribution in [0, 0.1) is 5.92 Å². The molecular weight excluding hydrogens is 280 g/mol. The van der Waals surface area contributed by atoms with Gasteiger partial charge in [-0.1, -0.05) is 19.3 Å². The first kappa shape index (κ1) is 15.5. The Hall–Kier alpha value is -1.43. The highest BCUT2D eigenvalue weighted by Crippen LogP contribution is 2.28. The van der Waals surface area contributed by atoms with Gasteiger partial charge in [0.1, 0.15) is 6.61 Å². The second-order valence-corrected chi connectivity index (χ2v) is 6.67. The molecule has 2 heterocycles. The molecule has 122 valence electrons. The molecule has 0 aromatic carbocycles. The molecule has 1 fully saturated rings. The molecule has 1 aliphatic heterocycles. The largest absolute Gasteiger partial charge is 0.377 e. The molecule has 1 saturated carbocycles. The van der Waals surface area contributed by atoms with E-state index < -0.39 is 0 Å². The predicted molar refractivity (Wildman–Crippen MR) is 82.1 cm³/mol. The number of carbonyl (C=O) groups excluding carboxylic acids is 1. The Balaban J connectivity index is 1.65. The monoisotopic (exact) mass is 306 g/mol. The van der Waals surface area contributed by atoms with Crippen molar-refractivity contribution >= 4 is 5.91 Å². The molecule has 1 atom stereocenters. The molecule has 0 saturated heterocycles. The van der Waals surface area contributed by atoms with E-state index in [1.165, 1.54) is 32.1 Å². The number of fused-ring (bicyclic) bond motifs is 1. The number of methoxy groups -OCH3 is 1. The molecule has 1 aliphatic carbocycles. The molecule has 22 heavy (non-hydrogen) atoms. The van der Waals surface area contributed by atoms with Gasteiger partial charge in [0.25, 0.3) is 0 Å². The number of rotatable bonds is 4. The first-order chi connectivity index (χ1) is 10.7. The molecule has 0 N–H and O–H groups in total. The van der Waals surface area contributed by atoms with Crippen molar-refractivity contribution in [1.82, 2.24) is 19.7 Å². The number of ether oxygens (including phenoxy) is 1. The van der Waals surface area contributed by atoms with E-state index in [4.69, 9.17) is 4.74 Å². The van der Waals surface area contributed by atoms with Crippen molar-refractivity contribution < 1.29 is 9.53 Å². The van der Waals surface area contributed by atoms with Gasteiger partial charge in [0.05, 0.1) is 12.6 Å². The maximum absolute atomic E-state index is 12.6. The van der Waals surface area contributed by atoms with Gasteiger partial charge in [-0.3, -0.25) is 4.79 Å². The van der Waals surface area contributed by atoms with Gasteiger partial charge in [-0.15, -0.1) is 10.2 Å². The quantitative estimate of drug-likeness (QED) is 0.856.